The van der Waals surface area contributed by atoms with Crippen LogP contribution in [-0.2, 0) is 6.54 Å². The summed E-state index contributed by atoms with van der Waals surface area (Å²) in [6, 6.07) is 4.15. The molecule has 1 saturated carbocycles. The molecule has 6 nitrogen and oxygen atoms in total. The van der Waals surface area contributed by atoms with E-state index in [1.54, 1.807) is 18.4 Å². The van der Waals surface area contributed by atoms with Gasteiger partial charge in [0.1, 0.15) is 5.56 Å². The van der Waals surface area contributed by atoms with Gasteiger partial charge in [0.2, 0.25) is 5.43 Å². The van der Waals surface area contributed by atoms with E-state index >= 15 is 0 Å². The molecule has 3 heterocycles. The number of thiophene rings is 1. The summed E-state index contributed by atoms with van der Waals surface area (Å²) in [5.41, 5.74) is 3.33. The van der Waals surface area contributed by atoms with Crippen molar-refractivity contribution in [1.29, 1.82) is 0 Å². The van der Waals surface area contributed by atoms with Crippen molar-refractivity contribution in [2.75, 3.05) is 13.7 Å². The summed E-state index contributed by atoms with van der Waals surface area (Å²) >= 11 is 1.77. The summed E-state index contributed by atoms with van der Waals surface area (Å²) in [6.07, 6.45) is 3.41. The fraction of sp³-hybridized carbons (Fsp3) is 0.364. The van der Waals surface area contributed by atoms with E-state index in [1.165, 1.54) is 16.6 Å². The normalized spacial score (nSPS) is 18.6. The fourth-order valence-electron chi connectivity index (χ4n) is 4.32. The Morgan fingerprint density at radius 3 is 2.72 bits per heavy atom. The topological polar surface area (TPSA) is 91.4 Å². The average Bonchev–Trinajstić information content (AvgIpc) is 3.45. The molecule has 3 N–H and O–H groups in total. The van der Waals surface area contributed by atoms with Crippen molar-refractivity contribution < 1.29 is 14.6 Å². The highest BCUT2D eigenvalue weighted by molar-refractivity contribution is 7.15. The van der Waals surface area contributed by atoms with Crippen molar-refractivity contribution in [3.05, 3.63) is 50.1 Å². The van der Waals surface area contributed by atoms with Crippen LogP contribution in [0, 0.1) is 0 Å². The lowest BCUT2D eigenvalue weighted by molar-refractivity contribution is 0.0695. The van der Waals surface area contributed by atoms with Crippen LogP contribution in [0.5, 0.6) is 5.75 Å². The van der Waals surface area contributed by atoms with E-state index in [1.807, 2.05) is 6.07 Å². The zero-order valence-electron chi connectivity index (χ0n) is 16.3. The molecule has 1 aliphatic heterocycles. The van der Waals surface area contributed by atoms with Crippen molar-refractivity contribution in [2.24, 2.45) is 0 Å². The van der Waals surface area contributed by atoms with Crippen LogP contribution < -0.4 is 15.5 Å². The van der Waals surface area contributed by atoms with Crippen molar-refractivity contribution in [1.82, 2.24) is 10.3 Å². The zero-order chi connectivity index (χ0) is 20.3. The molecule has 1 unspecified atom stereocenters. The number of nitrogens with one attached hydrogen (secondary N) is 2. The number of methoxy groups -OCH3 is 1. The highest BCUT2D eigenvalue weighted by Crippen LogP contribution is 2.51. The first kappa shape index (κ1) is 18.4. The highest BCUT2D eigenvalue weighted by Gasteiger charge is 2.32. The lowest BCUT2D eigenvalue weighted by Crippen LogP contribution is -2.24. The third kappa shape index (κ3) is 2.88. The van der Waals surface area contributed by atoms with Crippen LogP contribution in [0.2, 0.25) is 0 Å². The minimum atomic E-state index is -1.23. The Morgan fingerprint density at radius 2 is 2.07 bits per heavy atom. The Hall–Kier alpha value is -2.64. The average molecular weight is 410 g/mol. The molecule has 0 amide bonds. The number of carboxylic acid groups (broad SMARTS) is 1. The van der Waals surface area contributed by atoms with Gasteiger partial charge in [0.05, 0.1) is 18.0 Å². The number of fused-ring (bicyclic) bond motifs is 2. The van der Waals surface area contributed by atoms with Crippen molar-refractivity contribution in [3.8, 4) is 16.2 Å². The third-order valence-electron chi connectivity index (χ3n) is 5.97. The second-order valence-corrected chi connectivity index (χ2v) is 9.07. The number of benzene rings is 1. The molecular formula is C22H22N2O4S. The standard InChI is InChI=1S/C22H22N2O4S/c1-10-7-23-9-17-12(10)6-16(29-17)18-13(11-3-4-11)5-14-19(21(18)28-2)24-8-15(20(14)25)22(26)27/h5-6,8,10-11,23H,3-4,7,9H2,1-2H3,(H,24,25)(H,26,27). The van der Waals surface area contributed by atoms with Gasteiger partial charge in [-0.1, -0.05) is 6.92 Å². The number of carboxylic acids is 1. The Kier molecular flexibility index (Phi) is 4.26. The summed E-state index contributed by atoms with van der Waals surface area (Å²) in [4.78, 5) is 29.8. The molecule has 5 rings (SSSR count). The van der Waals surface area contributed by atoms with Crippen LogP contribution in [-0.4, -0.2) is 29.7 Å². The van der Waals surface area contributed by atoms with Crippen LogP contribution in [0.1, 0.15) is 58.0 Å². The van der Waals surface area contributed by atoms with Crippen molar-refractivity contribution in [3.63, 3.8) is 0 Å². The van der Waals surface area contributed by atoms with Gasteiger partial charge in [-0.25, -0.2) is 4.79 Å². The molecule has 2 aliphatic rings. The predicted molar refractivity (Wildman–Crippen MR) is 113 cm³/mol. The van der Waals surface area contributed by atoms with Gasteiger partial charge in [-0.3, -0.25) is 4.79 Å². The smallest absolute Gasteiger partial charge is 0.341 e. The van der Waals surface area contributed by atoms with E-state index in [-0.39, 0.29) is 5.56 Å². The highest BCUT2D eigenvalue weighted by atomic mass is 32.1. The summed E-state index contributed by atoms with van der Waals surface area (Å²) < 4.78 is 5.82. The first-order valence-corrected chi connectivity index (χ1v) is 10.6. The monoisotopic (exact) mass is 410 g/mol. The Balaban J connectivity index is 1.81. The van der Waals surface area contributed by atoms with Gasteiger partial charge >= 0.3 is 5.97 Å². The number of rotatable bonds is 4. The maximum absolute atomic E-state index is 12.8. The first-order chi connectivity index (χ1) is 14.0. The first-order valence-electron chi connectivity index (χ1n) is 9.82. The summed E-state index contributed by atoms with van der Waals surface area (Å²) in [7, 11) is 1.61. The third-order valence-corrected chi connectivity index (χ3v) is 7.14. The lowest BCUT2D eigenvalue weighted by atomic mass is 9.94. The van der Waals surface area contributed by atoms with E-state index in [4.69, 9.17) is 4.74 Å². The maximum atomic E-state index is 12.8. The number of hydrogen-bond donors (Lipinski definition) is 3. The Morgan fingerprint density at radius 1 is 1.28 bits per heavy atom. The molecule has 150 valence electrons. The van der Waals surface area contributed by atoms with Gasteiger partial charge in [0.25, 0.3) is 0 Å². The molecule has 1 fully saturated rings. The molecule has 0 spiro atoms. The van der Waals surface area contributed by atoms with Crippen LogP contribution in [0.15, 0.2) is 23.1 Å². The summed E-state index contributed by atoms with van der Waals surface area (Å²) in [5.74, 6) is 0.234. The molecule has 1 aliphatic carbocycles. The maximum Gasteiger partial charge on any atom is 0.341 e. The van der Waals surface area contributed by atoms with E-state index in [0.717, 1.165) is 41.9 Å². The number of H-pyrrole nitrogens is 1. The van der Waals surface area contributed by atoms with Crippen LogP contribution in [0.3, 0.4) is 0 Å². The summed E-state index contributed by atoms with van der Waals surface area (Å²) in [5, 5.41) is 13.2. The molecule has 7 heteroatoms. The molecule has 0 saturated heterocycles. The Labute approximate surface area is 171 Å². The minimum absolute atomic E-state index is 0.250. The molecule has 0 bridgehead atoms. The fourth-order valence-corrected chi connectivity index (χ4v) is 5.64. The quantitative estimate of drug-likeness (QED) is 0.604. The molecule has 29 heavy (non-hydrogen) atoms. The Bertz CT molecular complexity index is 1210. The number of carbonyl (C=O) groups is 1. The van der Waals surface area contributed by atoms with E-state index < -0.39 is 11.4 Å². The van der Waals surface area contributed by atoms with Gasteiger partial charge in [-0.15, -0.1) is 11.3 Å². The second kappa shape index (κ2) is 6.71. The number of aromatic nitrogens is 1. The lowest BCUT2D eigenvalue weighted by Gasteiger charge is -2.19. The van der Waals surface area contributed by atoms with Crippen LogP contribution >= 0.6 is 11.3 Å². The van der Waals surface area contributed by atoms with E-state index in [9.17, 15) is 14.7 Å². The molecule has 0 radical (unpaired) electrons. The van der Waals surface area contributed by atoms with E-state index in [0.29, 0.717) is 28.5 Å². The number of ether oxygens (including phenoxy) is 1. The van der Waals surface area contributed by atoms with Crippen molar-refractivity contribution >= 4 is 28.2 Å². The SMILES string of the molecule is COc1c(-c2cc3c(s2)CNCC3C)c(C2CC2)cc2c(=O)c(C(=O)O)c[nH]c12. The number of hydrogen-bond acceptors (Lipinski definition) is 5. The largest absolute Gasteiger partial charge is 0.494 e. The molecule has 2 aromatic heterocycles. The van der Waals surface area contributed by atoms with Gasteiger partial charge < -0.3 is 20.1 Å². The molecular weight excluding hydrogens is 388 g/mol. The van der Waals surface area contributed by atoms with Gasteiger partial charge in [0, 0.05) is 34.6 Å². The minimum Gasteiger partial charge on any atom is -0.494 e. The number of aromatic carboxylic acids is 1. The van der Waals surface area contributed by atoms with E-state index in [2.05, 4.69) is 23.3 Å². The van der Waals surface area contributed by atoms with Crippen LogP contribution in [0.4, 0.5) is 0 Å². The predicted octanol–water partition coefficient (Wildman–Crippen LogP) is 4.05. The number of aromatic amines is 1. The van der Waals surface area contributed by atoms with Crippen molar-refractivity contribution in [2.45, 2.75) is 38.1 Å². The van der Waals surface area contributed by atoms with Gasteiger partial charge in [-0.05, 0) is 47.9 Å². The van der Waals surface area contributed by atoms with Gasteiger partial charge in [-0.2, -0.15) is 0 Å². The number of pyridine rings is 1. The molecule has 1 atom stereocenters. The second-order valence-electron chi connectivity index (χ2n) is 7.93. The zero-order valence-corrected chi connectivity index (χ0v) is 17.1. The van der Waals surface area contributed by atoms with Gasteiger partial charge in [0.15, 0.2) is 5.75 Å². The molecule has 1 aromatic carbocycles. The summed E-state index contributed by atoms with van der Waals surface area (Å²) in [6.45, 7) is 4.07. The van der Waals surface area contributed by atoms with Crippen LogP contribution in [0.25, 0.3) is 21.3 Å². The molecule has 3 aromatic rings.